The third kappa shape index (κ3) is 3.30. The first-order valence-electron chi connectivity index (χ1n) is 9.60. The highest BCUT2D eigenvalue weighted by Gasteiger charge is 2.48. The van der Waals surface area contributed by atoms with Crippen LogP contribution in [0.3, 0.4) is 0 Å². The van der Waals surface area contributed by atoms with Gasteiger partial charge >= 0.3 is 0 Å². The zero-order valence-electron chi connectivity index (χ0n) is 16.4. The van der Waals surface area contributed by atoms with Crippen molar-refractivity contribution in [2.24, 2.45) is 0 Å². The second kappa shape index (κ2) is 7.48. The second-order valence-electron chi connectivity index (χ2n) is 7.43. The minimum Gasteiger partial charge on any atom is -0.388 e. The van der Waals surface area contributed by atoms with Gasteiger partial charge in [0.25, 0.3) is 5.91 Å². The van der Waals surface area contributed by atoms with Crippen LogP contribution in [0.4, 0.5) is 15.8 Å². The Bertz CT molecular complexity index is 1060. The summed E-state index contributed by atoms with van der Waals surface area (Å²) < 4.78 is 14.2. The summed E-state index contributed by atoms with van der Waals surface area (Å²) in [5.74, 6) is -1.79. The molecular weight excluding hydrogens is 386 g/mol. The van der Waals surface area contributed by atoms with E-state index in [0.29, 0.717) is 22.4 Å². The number of nitrogens with zero attached hydrogens (tertiary/aromatic N) is 1. The standard InChI is InChI=1S/C21H20BFN4O3/c1-24-13-5-6-16(23)12(9-13)10-25-17-4-2-3-14-15(17)11-27(19(14)29)21(22)8-7-18(28)26-20(21)30/h2-6,9,24-25H,7-8,10-11H2,1H3,(H,26,28,30). The molecule has 0 aliphatic carbocycles. The van der Waals surface area contributed by atoms with Crippen LogP contribution in [0.15, 0.2) is 36.4 Å². The topological polar surface area (TPSA) is 90.5 Å². The fourth-order valence-corrected chi connectivity index (χ4v) is 3.85. The average molecular weight is 406 g/mol. The third-order valence-corrected chi connectivity index (χ3v) is 5.63. The molecule has 2 aliphatic heterocycles. The van der Waals surface area contributed by atoms with Gasteiger partial charge in [-0.25, -0.2) is 4.39 Å². The van der Waals surface area contributed by atoms with Gasteiger partial charge in [-0.3, -0.25) is 19.7 Å². The lowest BCUT2D eigenvalue weighted by molar-refractivity contribution is -0.138. The molecule has 2 aromatic rings. The SMILES string of the molecule is [B]C1(N2Cc3c(NCc4cc(NC)ccc4F)cccc3C2=O)CCC(=O)NC1=O. The van der Waals surface area contributed by atoms with Gasteiger partial charge in [0, 0.05) is 54.6 Å². The molecule has 2 radical (unpaired) electrons. The van der Waals surface area contributed by atoms with Gasteiger partial charge in [-0.2, -0.15) is 0 Å². The molecule has 0 saturated carbocycles. The van der Waals surface area contributed by atoms with Gasteiger partial charge in [-0.15, -0.1) is 0 Å². The summed E-state index contributed by atoms with van der Waals surface area (Å²) in [6.07, 6.45) is 0.122. The summed E-state index contributed by atoms with van der Waals surface area (Å²) in [5.41, 5.74) is 1.45. The molecule has 2 heterocycles. The zero-order chi connectivity index (χ0) is 21.5. The van der Waals surface area contributed by atoms with Crippen molar-refractivity contribution in [3.63, 3.8) is 0 Å². The number of hydrogen-bond donors (Lipinski definition) is 3. The summed E-state index contributed by atoms with van der Waals surface area (Å²) in [6, 6.07) is 9.93. The van der Waals surface area contributed by atoms with E-state index < -0.39 is 17.3 Å². The van der Waals surface area contributed by atoms with Crippen LogP contribution in [-0.4, -0.2) is 43.0 Å². The van der Waals surface area contributed by atoms with Crippen molar-refractivity contribution in [1.82, 2.24) is 10.2 Å². The van der Waals surface area contributed by atoms with Crippen LogP contribution in [0.1, 0.15) is 34.3 Å². The second-order valence-corrected chi connectivity index (χ2v) is 7.43. The molecule has 3 amide bonds. The molecule has 2 aliphatic rings. The summed E-state index contributed by atoms with van der Waals surface area (Å²) in [4.78, 5) is 38.2. The fourth-order valence-electron chi connectivity index (χ4n) is 3.85. The fraction of sp³-hybridized carbons (Fsp3) is 0.286. The van der Waals surface area contributed by atoms with Gasteiger partial charge in [-0.05, 0) is 36.8 Å². The number of piperidine rings is 1. The lowest BCUT2D eigenvalue weighted by atomic mass is 9.70. The molecule has 1 atom stereocenters. The molecule has 30 heavy (non-hydrogen) atoms. The van der Waals surface area contributed by atoms with E-state index in [-0.39, 0.29) is 37.7 Å². The van der Waals surface area contributed by atoms with E-state index in [2.05, 4.69) is 16.0 Å². The van der Waals surface area contributed by atoms with E-state index >= 15 is 0 Å². The van der Waals surface area contributed by atoms with Crippen molar-refractivity contribution < 1.29 is 18.8 Å². The monoisotopic (exact) mass is 406 g/mol. The predicted octanol–water partition coefficient (Wildman–Crippen LogP) is 1.74. The molecule has 0 aromatic heterocycles. The van der Waals surface area contributed by atoms with Crippen molar-refractivity contribution in [2.45, 2.75) is 31.4 Å². The summed E-state index contributed by atoms with van der Waals surface area (Å²) in [5, 5.41) is 8.37. The normalized spacial score (nSPS) is 20.7. The van der Waals surface area contributed by atoms with E-state index in [9.17, 15) is 18.8 Å². The van der Waals surface area contributed by atoms with Crippen molar-refractivity contribution in [3.05, 3.63) is 58.9 Å². The van der Waals surface area contributed by atoms with Gasteiger partial charge in [0.2, 0.25) is 11.8 Å². The average Bonchev–Trinajstić information content (AvgIpc) is 3.08. The van der Waals surface area contributed by atoms with Crippen LogP contribution in [0.5, 0.6) is 0 Å². The number of carbonyl (C=O) groups is 3. The molecule has 4 rings (SSSR count). The lowest BCUT2D eigenvalue weighted by Crippen LogP contribution is -2.63. The summed E-state index contributed by atoms with van der Waals surface area (Å²) >= 11 is 0. The maximum Gasteiger partial charge on any atom is 0.254 e. The quantitative estimate of drug-likeness (QED) is 0.520. The number of benzene rings is 2. The molecule has 1 unspecified atom stereocenters. The lowest BCUT2D eigenvalue weighted by Gasteiger charge is -2.40. The number of halogens is 1. The van der Waals surface area contributed by atoms with Gasteiger partial charge in [0.05, 0.1) is 5.44 Å². The maximum atomic E-state index is 14.2. The number of fused-ring (bicyclic) bond motifs is 1. The highest BCUT2D eigenvalue weighted by Crippen LogP contribution is 2.36. The molecule has 7 nitrogen and oxygen atoms in total. The van der Waals surface area contributed by atoms with Crippen LogP contribution in [0.25, 0.3) is 0 Å². The number of carbonyl (C=O) groups excluding carboxylic acids is 3. The van der Waals surface area contributed by atoms with Crippen LogP contribution in [0, 0.1) is 5.82 Å². The van der Waals surface area contributed by atoms with Crippen LogP contribution in [-0.2, 0) is 22.7 Å². The number of amides is 3. The predicted molar refractivity (Wildman–Crippen MR) is 110 cm³/mol. The first kappa shape index (κ1) is 19.9. The Hall–Kier alpha value is -3.36. The summed E-state index contributed by atoms with van der Waals surface area (Å²) in [7, 11) is 8.03. The molecule has 152 valence electrons. The maximum absolute atomic E-state index is 14.2. The Morgan fingerprint density at radius 1 is 1.23 bits per heavy atom. The number of imide groups is 1. The van der Waals surface area contributed by atoms with Gasteiger partial charge < -0.3 is 15.5 Å². The Morgan fingerprint density at radius 3 is 2.77 bits per heavy atom. The van der Waals surface area contributed by atoms with E-state index in [1.807, 2.05) is 0 Å². The van der Waals surface area contributed by atoms with E-state index in [1.54, 1.807) is 37.4 Å². The molecule has 1 saturated heterocycles. The highest BCUT2D eigenvalue weighted by molar-refractivity contribution is 6.32. The smallest absolute Gasteiger partial charge is 0.254 e. The number of rotatable bonds is 5. The summed E-state index contributed by atoms with van der Waals surface area (Å²) in [6.45, 7) is 0.337. The zero-order valence-corrected chi connectivity index (χ0v) is 16.4. The number of nitrogens with one attached hydrogen (secondary N) is 3. The van der Waals surface area contributed by atoms with Gasteiger partial charge in [0.1, 0.15) is 13.7 Å². The van der Waals surface area contributed by atoms with Crippen molar-refractivity contribution in [3.8, 4) is 0 Å². The van der Waals surface area contributed by atoms with Crippen molar-refractivity contribution in [2.75, 3.05) is 17.7 Å². The number of anilines is 2. The molecule has 9 heteroatoms. The Labute approximate surface area is 174 Å². The molecule has 1 fully saturated rings. The number of hydrogen-bond acceptors (Lipinski definition) is 5. The van der Waals surface area contributed by atoms with E-state index in [1.165, 1.54) is 11.0 Å². The first-order valence-corrected chi connectivity index (χ1v) is 9.60. The van der Waals surface area contributed by atoms with Gasteiger partial charge in [0.15, 0.2) is 0 Å². The molecular formula is C21H20BFN4O3. The largest absolute Gasteiger partial charge is 0.388 e. The molecule has 0 spiro atoms. The van der Waals surface area contributed by atoms with Crippen LogP contribution in [0.2, 0.25) is 0 Å². The highest BCUT2D eigenvalue weighted by atomic mass is 19.1. The van der Waals surface area contributed by atoms with E-state index in [4.69, 9.17) is 7.85 Å². The van der Waals surface area contributed by atoms with E-state index in [0.717, 1.165) is 5.69 Å². The third-order valence-electron chi connectivity index (χ3n) is 5.63. The molecule has 0 bridgehead atoms. The first-order chi connectivity index (χ1) is 14.3. The minimum atomic E-state index is -1.59. The Balaban J connectivity index is 1.58. The van der Waals surface area contributed by atoms with Crippen molar-refractivity contribution >= 4 is 36.9 Å². The van der Waals surface area contributed by atoms with Crippen LogP contribution >= 0.6 is 0 Å². The Kier molecular flexibility index (Phi) is 4.97. The van der Waals surface area contributed by atoms with Crippen molar-refractivity contribution in [1.29, 1.82) is 0 Å². The minimum absolute atomic E-state index is 0.0577. The molecule has 3 N–H and O–H groups in total. The molecule has 2 aromatic carbocycles. The van der Waals surface area contributed by atoms with Crippen LogP contribution < -0.4 is 16.0 Å². The van der Waals surface area contributed by atoms with Gasteiger partial charge in [-0.1, -0.05) is 6.07 Å². The Morgan fingerprint density at radius 2 is 2.03 bits per heavy atom.